The Morgan fingerprint density at radius 3 is 2.57 bits per heavy atom. The van der Waals surface area contributed by atoms with Gasteiger partial charge in [0.2, 0.25) is 5.91 Å². The quantitative estimate of drug-likeness (QED) is 0.452. The zero-order chi connectivity index (χ0) is 19.9. The topological polar surface area (TPSA) is 73.2 Å². The van der Waals surface area contributed by atoms with E-state index in [1.807, 2.05) is 31.2 Å². The molecule has 0 unspecified atom stereocenters. The summed E-state index contributed by atoms with van der Waals surface area (Å²) in [5.41, 5.74) is 3.11. The number of amides is 1. The van der Waals surface area contributed by atoms with Crippen LogP contribution >= 0.6 is 11.8 Å². The molecule has 1 aromatic heterocycles. The number of esters is 1. The highest BCUT2D eigenvalue weighted by atomic mass is 32.2. The van der Waals surface area contributed by atoms with E-state index in [-0.39, 0.29) is 17.6 Å². The number of imidazole rings is 1. The summed E-state index contributed by atoms with van der Waals surface area (Å²) in [6.45, 7) is 5.20. The number of nitrogens with zero attached hydrogens (tertiary/aromatic N) is 2. The van der Waals surface area contributed by atoms with E-state index in [0.29, 0.717) is 17.9 Å². The highest BCUT2D eigenvalue weighted by Crippen LogP contribution is 2.24. The molecule has 0 radical (unpaired) electrons. The molecule has 2 aromatic carbocycles. The van der Waals surface area contributed by atoms with Gasteiger partial charge in [-0.1, -0.05) is 30.8 Å². The third kappa shape index (κ3) is 4.72. The fourth-order valence-corrected chi connectivity index (χ4v) is 3.64. The van der Waals surface area contributed by atoms with Gasteiger partial charge in [0.1, 0.15) is 0 Å². The molecule has 0 saturated heterocycles. The van der Waals surface area contributed by atoms with Crippen LogP contribution in [0.2, 0.25) is 0 Å². The van der Waals surface area contributed by atoms with Gasteiger partial charge in [-0.3, -0.25) is 4.79 Å². The van der Waals surface area contributed by atoms with Crippen LogP contribution in [-0.4, -0.2) is 33.8 Å². The Balaban J connectivity index is 1.58. The summed E-state index contributed by atoms with van der Waals surface area (Å²) < 4.78 is 7.19. The number of aromatic nitrogens is 2. The van der Waals surface area contributed by atoms with Gasteiger partial charge >= 0.3 is 5.97 Å². The van der Waals surface area contributed by atoms with Crippen LogP contribution in [0, 0.1) is 0 Å². The number of hydrogen-bond acceptors (Lipinski definition) is 5. The van der Waals surface area contributed by atoms with E-state index in [1.54, 1.807) is 24.3 Å². The first-order chi connectivity index (χ1) is 13.6. The van der Waals surface area contributed by atoms with Crippen molar-refractivity contribution in [2.24, 2.45) is 0 Å². The first-order valence-electron chi connectivity index (χ1n) is 9.27. The summed E-state index contributed by atoms with van der Waals surface area (Å²) in [5, 5.41) is 3.67. The normalized spacial score (nSPS) is 10.8. The molecule has 7 heteroatoms. The molecular formula is C21H23N3O3S. The lowest BCUT2D eigenvalue weighted by Crippen LogP contribution is -2.15. The lowest BCUT2D eigenvalue weighted by molar-refractivity contribution is -0.113. The SMILES string of the molecule is CCCOC(=O)c1ccc(NC(=O)CSc2nc3ccccc3n2CC)cc1. The van der Waals surface area contributed by atoms with Crippen LogP contribution in [0.5, 0.6) is 0 Å². The molecule has 28 heavy (non-hydrogen) atoms. The van der Waals surface area contributed by atoms with E-state index >= 15 is 0 Å². The van der Waals surface area contributed by atoms with Crippen molar-refractivity contribution >= 4 is 40.4 Å². The number of anilines is 1. The van der Waals surface area contributed by atoms with Crippen LogP contribution in [0.25, 0.3) is 11.0 Å². The van der Waals surface area contributed by atoms with E-state index in [4.69, 9.17) is 4.74 Å². The fraction of sp³-hybridized carbons (Fsp3) is 0.286. The molecule has 0 atom stereocenters. The lowest BCUT2D eigenvalue weighted by atomic mass is 10.2. The molecule has 3 rings (SSSR count). The maximum absolute atomic E-state index is 12.3. The molecule has 1 heterocycles. The largest absolute Gasteiger partial charge is 0.462 e. The van der Waals surface area contributed by atoms with Crippen LogP contribution < -0.4 is 5.32 Å². The Morgan fingerprint density at radius 1 is 1.11 bits per heavy atom. The predicted octanol–water partition coefficient (Wildman–Crippen LogP) is 4.35. The molecule has 0 aliphatic rings. The van der Waals surface area contributed by atoms with Gasteiger partial charge in [-0.05, 0) is 49.7 Å². The molecular weight excluding hydrogens is 374 g/mol. The average molecular weight is 398 g/mol. The second kappa shape index (κ2) is 9.41. The summed E-state index contributed by atoms with van der Waals surface area (Å²) in [5.74, 6) is -0.223. The number of hydrogen-bond donors (Lipinski definition) is 1. The van der Waals surface area contributed by atoms with Crippen molar-refractivity contribution in [3.05, 3.63) is 54.1 Å². The van der Waals surface area contributed by atoms with Crippen LogP contribution in [-0.2, 0) is 16.1 Å². The minimum atomic E-state index is -0.353. The standard InChI is InChI=1S/C21H23N3O3S/c1-3-13-27-20(26)15-9-11-16(12-10-15)22-19(25)14-28-21-23-17-7-5-6-8-18(17)24(21)4-2/h5-12H,3-4,13-14H2,1-2H3,(H,22,25). The number of benzene rings is 2. The van der Waals surface area contributed by atoms with Crippen molar-refractivity contribution in [3.63, 3.8) is 0 Å². The van der Waals surface area contributed by atoms with E-state index < -0.39 is 0 Å². The Labute approximate surface area is 168 Å². The monoisotopic (exact) mass is 397 g/mol. The van der Waals surface area contributed by atoms with Crippen molar-refractivity contribution in [1.29, 1.82) is 0 Å². The first-order valence-corrected chi connectivity index (χ1v) is 10.3. The molecule has 0 bridgehead atoms. The summed E-state index contributed by atoms with van der Waals surface area (Å²) in [6, 6.07) is 14.6. The van der Waals surface area contributed by atoms with Crippen molar-refractivity contribution in [3.8, 4) is 0 Å². The smallest absolute Gasteiger partial charge is 0.338 e. The van der Waals surface area contributed by atoms with Crippen molar-refractivity contribution < 1.29 is 14.3 Å². The van der Waals surface area contributed by atoms with Crippen LogP contribution in [0.4, 0.5) is 5.69 Å². The maximum Gasteiger partial charge on any atom is 0.338 e. The fourth-order valence-electron chi connectivity index (χ4n) is 2.76. The minimum absolute atomic E-state index is 0.124. The third-order valence-corrected chi connectivity index (χ3v) is 5.09. The molecule has 6 nitrogen and oxygen atoms in total. The van der Waals surface area contributed by atoms with Crippen molar-refractivity contribution in [1.82, 2.24) is 9.55 Å². The highest BCUT2D eigenvalue weighted by molar-refractivity contribution is 7.99. The number of carbonyl (C=O) groups is 2. The van der Waals surface area contributed by atoms with Gasteiger partial charge in [0.25, 0.3) is 0 Å². The number of thioether (sulfide) groups is 1. The summed E-state index contributed by atoms with van der Waals surface area (Å²) in [4.78, 5) is 28.7. The zero-order valence-electron chi connectivity index (χ0n) is 16.0. The maximum atomic E-state index is 12.3. The van der Waals surface area contributed by atoms with Crippen LogP contribution in [0.3, 0.4) is 0 Å². The number of carbonyl (C=O) groups excluding carboxylic acids is 2. The van der Waals surface area contributed by atoms with Crippen molar-refractivity contribution in [2.75, 3.05) is 17.7 Å². The van der Waals surface area contributed by atoms with Gasteiger partial charge in [0, 0.05) is 12.2 Å². The average Bonchev–Trinajstić information content (AvgIpc) is 3.08. The van der Waals surface area contributed by atoms with E-state index in [1.165, 1.54) is 11.8 Å². The van der Waals surface area contributed by atoms with E-state index in [9.17, 15) is 9.59 Å². The van der Waals surface area contributed by atoms with E-state index in [2.05, 4.69) is 21.8 Å². The molecule has 0 fully saturated rings. The molecule has 3 aromatic rings. The zero-order valence-corrected chi connectivity index (χ0v) is 16.8. The Morgan fingerprint density at radius 2 is 1.86 bits per heavy atom. The van der Waals surface area contributed by atoms with Gasteiger partial charge in [-0.25, -0.2) is 9.78 Å². The van der Waals surface area contributed by atoms with E-state index in [0.717, 1.165) is 29.2 Å². The summed E-state index contributed by atoms with van der Waals surface area (Å²) >= 11 is 1.41. The molecule has 0 aliphatic heterocycles. The number of para-hydroxylation sites is 2. The number of nitrogens with one attached hydrogen (secondary N) is 1. The second-order valence-electron chi connectivity index (χ2n) is 6.18. The Hall–Kier alpha value is -2.80. The highest BCUT2D eigenvalue weighted by Gasteiger charge is 2.12. The Kier molecular flexibility index (Phi) is 6.71. The summed E-state index contributed by atoms with van der Waals surface area (Å²) in [7, 11) is 0. The van der Waals surface area contributed by atoms with Crippen LogP contribution in [0.1, 0.15) is 30.6 Å². The third-order valence-electron chi connectivity index (χ3n) is 4.11. The van der Waals surface area contributed by atoms with Gasteiger partial charge in [0.15, 0.2) is 5.16 Å². The summed E-state index contributed by atoms with van der Waals surface area (Å²) in [6.07, 6.45) is 0.781. The Bertz CT molecular complexity index is 967. The van der Waals surface area contributed by atoms with Crippen LogP contribution in [0.15, 0.2) is 53.7 Å². The van der Waals surface area contributed by atoms with Gasteiger partial charge < -0.3 is 14.6 Å². The molecule has 0 spiro atoms. The number of fused-ring (bicyclic) bond motifs is 1. The predicted molar refractivity (Wildman–Crippen MR) is 112 cm³/mol. The molecule has 146 valence electrons. The number of aryl methyl sites for hydroxylation is 1. The minimum Gasteiger partial charge on any atom is -0.462 e. The second-order valence-corrected chi connectivity index (χ2v) is 7.12. The number of rotatable bonds is 8. The first kappa shape index (κ1) is 19.9. The number of ether oxygens (including phenoxy) is 1. The molecule has 0 saturated carbocycles. The van der Waals surface area contributed by atoms with Gasteiger partial charge in [-0.15, -0.1) is 0 Å². The van der Waals surface area contributed by atoms with Gasteiger partial charge in [0.05, 0.1) is 29.0 Å². The molecule has 1 N–H and O–H groups in total. The van der Waals surface area contributed by atoms with Crippen molar-refractivity contribution in [2.45, 2.75) is 32.0 Å². The molecule has 1 amide bonds. The molecule has 0 aliphatic carbocycles. The lowest BCUT2D eigenvalue weighted by Gasteiger charge is -2.08. The van der Waals surface area contributed by atoms with Gasteiger partial charge in [-0.2, -0.15) is 0 Å².